The van der Waals surface area contributed by atoms with Gasteiger partial charge >= 0.3 is 12.2 Å². The van der Waals surface area contributed by atoms with Gasteiger partial charge in [0.1, 0.15) is 29.8 Å². The fraction of sp³-hybridized carbons (Fsp3) is 0.319. The molecule has 0 aliphatic carbocycles. The summed E-state index contributed by atoms with van der Waals surface area (Å²) in [5.74, 6) is 0.730. The van der Waals surface area contributed by atoms with Gasteiger partial charge < -0.3 is 49.3 Å². The number of aromatic amines is 2. The predicted molar refractivity (Wildman–Crippen MR) is 234 cm³/mol. The topological polar surface area (TPSA) is 193 Å². The Bertz CT molecular complexity index is 2580. The lowest BCUT2D eigenvalue weighted by Crippen LogP contribution is -2.57. The third-order valence-electron chi connectivity index (χ3n) is 11.8. The number of carbonyl (C=O) groups is 4. The molecule has 2 saturated heterocycles. The summed E-state index contributed by atoms with van der Waals surface area (Å²) in [5, 5.41) is 7.44. The fourth-order valence-corrected chi connectivity index (χ4v) is 8.31. The number of fused-ring (bicyclic) bond motifs is 1. The Balaban J connectivity index is 0.948. The summed E-state index contributed by atoms with van der Waals surface area (Å²) in [5.41, 5.74) is 6.32. The summed E-state index contributed by atoms with van der Waals surface area (Å²) < 4.78 is 20.8. The lowest BCUT2D eigenvalue weighted by molar-refractivity contribution is -0.145. The highest BCUT2D eigenvalue weighted by molar-refractivity contribution is 5.91. The number of imidazole rings is 2. The zero-order valence-corrected chi connectivity index (χ0v) is 35.5. The first kappa shape index (κ1) is 42.6. The van der Waals surface area contributed by atoms with Crippen molar-refractivity contribution in [2.75, 3.05) is 47.6 Å². The summed E-state index contributed by atoms with van der Waals surface area (Å²) in [4.78, 5) is 71.7. The highest BCUT2D eigenvalue weighted by Crippen LogP contribution is 2.35. The maximum atomic E-state index is 13.9. The van der Waals surface area contributed by atoms with E-state index >= 15 is 0 Å². The van der Waals surface area contributed by atoms with Crippen LogP contribution in [0.3, 0.4) is 0 Å². The average Bonchev–Trinajstić information content (AvgIpc) is 4.14. The maximum absolute atomic E-state index is 13.9. The molecule has 63 heavy (non-hydrogen) atoms. The number of benzene rings is 4. The monoisotopic (exact) mass is 854 g/mol. The summed E-state index contributed by atoms with van der Waals surface area (Å²) in [6.45, 7) is 3.17. The van der Waals surface area contributed by atoms with Crippen molar-refractivity contribution in [3.05, 3.63) is 121 Å². The Labute approximate surface area is 364 Å². The molecule has 0 unspecified atom stereocenters. The molecule has 2 aliphatic heterocycles. The SMILES string of the molecule is COC(=O)N[C@H](C(=O)N1CCOC[C@H]1c1ncc(-c2ccc3cc(-c4ccc(-c5cnc([C@@H]6CCCN6C(=O)[C@H](NC(=O)OC)c6ccccc6)[nH]5)cc4)ccc3c2)[nH]1)[C@@H](C)OC. The largest absolute Gasteiger partial charge is 0.453 e. The van der Waals surface area contributed by atoms with E-state index in [-0.39, 0.29) is 24.5 Å². The van der Waals surface area contributed by atoms with Gasteiger partial charge in [0.25, 0.3) is 5.91 Å². The zero-order chi connectivity index (χ0) is 44.0. The number of morpholine rings is 1. The van der Waals surface area contributed by atoms with Gasteiger partial charge in [0.05, 0.1) is 63.4 Å². The Morgan fingerprint density at radius 3 is 1.97 bits per heavy atom. The smallest absolute Gasteiger partial charge is 0.407 e. The van der Waals surface area contributed by atoms with Crippen LogP contribution in [-0.2, 0) is 28.5 Å². The van der Waals surface area contributed by atoms with Gasteiger partial charge in [-0.2, -0.15) is 0 Å². The minimum atomic E-state index is -0.960. The van der Waals surface area contributed by atoms with Crippen molar-refractivity contribution < 1.29 is 38.1 Å². The number of carbonyl (C=O) groups excluding carboxylic acids is 4. The van der Waals surface area contributed by atoms with Gasteiger partial charge in [0.2, 0.25) is 5.91 Å². The molecule has 326 valence electrons. The molecule has 0 bridgehead atoms. The van der Waals surface area contributed by atoms with Crippen molar-refractivity contribution in [2.24, 2.45) is 0 Å². The summed E-state index contributed by atoms with van der Waals surface area (Å²) in [6.07, 6.45) is 3.11. The number of hydrogen-bond donors (Lipinski definition) is 4. The van der Waals surface area contributed by atoms with Gasteiger partial charge in [-0.15, -0.1) is 0 Å². The molecule has 0 spiro atoms. The summed E-state index contributed by atoms with van der Waals surface area (Å²) >= 11 is 0. The van der Waals surface area contributed by atoms with Crippen LogP contribution in [0.15, 0.2) is 103 Å². The number of rotatable bonds is 12. The highest BCUT2D eigenvalue weighted by atomic mass is 16.5. The van der Waals surface area contributed by atoms with Crippen LogP contribution < -0.4 is 10.6 Å². The third kappa shape index (κ3) is 9.13. The molecule has 4 N–H and O–H groups in total. The van der Waals surface area contributed by atoms with Crippen LogP contribution in [0.5, 0.6) is 0 Å². The number of amides is 4. The molecule has 5 atom stereocenters. The minimum Gasteiger partial charge on any atom is -0.453 e. The minimum absolute atomic E-state index is 0.218. The van der Waals surface area contributed by atoms with Crippen molar-refractivity contribution in [1.29, 1.82) is 0 Å². The lowest BCUT2D eigenvalue weighted by Gasteiger charge is -2.37. The van der Waals surface area contributed by atoms with E-state index in [9.17, 15) is 19.2 Å². The molecule has 2 fully saturated rings. The molecular weight excluding hydrogens is 805 g/mol. The molecule has 2 aliphatic rings. The second-order valence-electron chi connectivity index (χ2n) is 15.6. The quantitative estimate of drug-likeness (QED) is 0.103. The summed E-state index contributed by atoms with van der Waals surface area (Å²) in [6, 6.07) is 27.4. The Morgan fingerprint density at radius 1 is 0.698 bits per heavy atom. The maximum Gasteiger partial charge on any atom is 0.407 e. The third-order valence-corrected chi connectivity index (χ3v) is 11.8. The van der Waals surface area contributed by atoms with E-state index < -0.39 is 36.4 Å². The number of hydrogen-bond acceptors (Lipinski definition) is 10. The van der Waals surface area contributed by atoms with E-state index in [0.29, 0.717) is 36.9 Å². The summed E-state index contributed by atoms with van der Waals surface area (Å²) in [7, 11) is 4.01. The number of methoxy groups -OCH3 is 3. The van der Waals surface area contributed by atoms with Crippen LogP contribution >= 0.6 is 0 Å². The van der Waals surface area contributed by atoms with Gasteiger partial charge in [-0.25, -0.2) is 19.6 Å². The van der Waals surface area contributed by atoms with Crippen LogP contribution in [0.4, 0.5) is 9.59 Å². The first-order valence-electron chi connectivity index (χ1n) is 20.9. The first-order chi connectivity index (χ1) is 30.6. The Hall–Kier alpha value is -7.04. The van der Waals surface area contributed by atoms with E-state index in [1.807, 2.05) is 36.4 Å². The van der Waals surface area contributed by atoms with Crippen LogP contribution in [0.25, 0.3) is 44.4 Å². The van der Waals surface area contributed by atoms with E-state index in [0.717, 1.165) is 57.3 Å². The van der Waals surface area contributed by atoms with Crippen molar-refractivity contribution in [3.63, 3.8) is 0 Å². The molecule has 16 nitrogen and oxygen atoms in total. The molecule has 0 saturated carbocycles. The molecular formula is C47H50N8O8. The van der Waals surface area contributed by atoms with E-state index in [4.69, 9.17) is 23.9 Å². The number of nitrogens with one attached hydrogen (secondary N) is 4. The second kappa shape index (κ2) is 18.9. The molecule has 0 radical (unpaired) electrons. The van der Waals surface area contributed by atoms with Gasteiger partial charge in [-0.1, -0.05) is 78.9 Å². The van der Waals surface area contributed by atoms with E-state index in [1.165, 1.54) is 21.3 Å². The number of aromatic nitrogens is 4. The van der Waals surface area contributed by atoms with Gasteiger partial charge in [0.15, 0.2) is 0 Å². The number of nitrogens with zero attached hydrogens (tertiary/aromatic N) is 4. The molecule has 4 aromatic carbocycles. The van der Waals surface area contributed by atoms with E-state index in [2.05, 4.69) is 80.2 Å². The Morgan fingerprint density at radius 2 is 1.29 bits per heavy atom. The van der Waals surface area contributed by atoms with Crippen LogP contribution in [0.2, 0.25) is 0 Å². The van der Waals surface area contributed by atoms with Crippen molar-refractivity contribution in [2.45, 2.75) is 50.0 Å². The first-order valence-corrected chi connectivity index (χ1v) is 20.9. The molecule has 8 rings (SSSR count). The average molecular weight is 855 g/mol. The number of alkyl carbamates (subject to hydrolysis) is 2. The van der Waals surface area contributed by atoms with E-state index in [1.54, 1.807) is 29.1 Å². The predicted octanol–water partition coefficient (Wildman–Crippen LogP) is 6.71. The number of likely N-dealkylation sites (tertiary alicyclic amines) is 1. The highest BCUT2D eigenvalue weighted by Gasteiger charge is 2.39. The molecule has 4 heterocycles. The normalized spacial score (nSPS) is 17.8. The van der Waals surface area contributed by atoms with Crippen LogP contribution in [0.1, 0.15) is 55.1 Å². The van der Waals surface area contributed by atoms with Gasteiger partial charge in [-0.05, 0) is 64.9 Å². The number of H-pyrrole nitrogens is 2. The van der Waals surface area contributed by atoms with Crippen molar-refractivity contribution in [1.82, 2.24) is 40.4 Å². The second-order valence-corrected chi connectivity index (χ2v) is 15.6. The van der Waals surface area contributed by atoms with Crippen LogP contribution in [-0.4, -0.2) is 114 Å². The lowest BCUT2D eigenvalue weighted by atomic mass is 9.98. The molecule has 4 amide bonds. The van der Waals surface area contributed by atoms with Crippen molar-refractivity contribution >= 4 is 34.8 Å². The van der Waals surface area contributed by atoms with Gasteiger partial charge in [-0.3, -0.25) is 9.59 Å². The molecule has 2 aromatic heterocycles. The van der Waals surface area contributed by atoms with Crippen molar-refractivity contribution in [3.8, 4) is 33.6 Å². The standard InChI is InChI=1S/C47H50N8O8/c1-28(60-2)40(52-46(58)61-3)44(56)55-21-22-63-27-39(55)43-49-26-37(51-43)35-19-18-33-23-32(16-17-34(33)24-35)29-12-14-30(15-13-29)36-25-48-42(50-36)38-11-8-20-54(38)45(57)41(53-47(59)62-4)31-9-6-5-7-10-31/h5-7,9-10,12-19,23-26,28,38-41H,8,11,20-22,27H2,1-4H3,(H,48,50)(H,49,51)(H,52,58)(H,53,59)/t28-,38+,39+,40+,41-/m1/s1. The molecule has 6 aromatic rings. The number of ether oxygens (including phenoxy) is 4. The van der Waals surface area contributed by atoms with Crippen LogP contribution in [0, 0.1) is 0 Å². The van der Waals surface area contributed by atoms with Gasteiger partial charge in [0, 0.05) is 25.8 Å². The zero-order valence-electron chi connectivity index (χ0n) is 35.5. The molecule has 16 heteroatoms. The Kier molecular flexibility index (Phi) is 12.8. The fourth-order valence-electron chi connectivity index (χ4n) is 8.31.